The van der Waals surface area contributed by atoms with Crippen molar-refractivity contribution < 1.29 is 31.5 Å². The standard InChI is InChI=1S/C24H20F4N4O3/c25-22-14-18(24(26,27)28)4-2-17(22)3-9-23-30-19(16-35-23)15-34-21-7-5-20(6-8-21)33-13-1-11-32-12-10-29-31-32/h2-10,12,14,16H,1,11,13,15H2/b9-3+. The zero-order valence-electron chi connectivity index (χ0n) is 18.3. The molecule has 11 heteroatoms. The number of alkyl halides is 3. The summed E-state index contributed by atoms with van der Waals surface area (Å²) in [6.07, 6.45) is 3.64. The molecule has 4 aromatic rings. The Kier molecular flexibility index (Phi) is 7.44. The monoisotopic (exact) mass is 488 g/mol. The van der Waals surface area contributed by atoms with Crippen LogP contribution in [0.2, 0.25) is 0 Å². The van der Waals surface area contributed by atoms with Crippen molar-refractivity contribution in [2.24, 2.45) is 0 Å². The van der Waals surface area contributed by atoms with Gasteiger partial charge in [-0.3, -0.25) is 4.68 Å². The average molecular weight is 488 g/mol. The Morgan fingerprint density at radius 1 is 1.00 bits per heavy atom. The number of aryl methyl sites for hydroxylation is 1. The molecule has 35 heavy (non-hydrogen) atoms. The van der Waals surface area contributed by atoms with Crippen molar-refractivity contribution in [3.63, 3.8) is 0 Å². The van der Waals surface area contributed by atoms with E-state index in [9.17, 15) is 17.6 Å². The molecule has 0 fully saturated rings. The predicted molar refractivity (Wildman–Crippen MR) is 118 cm³/mol. The molecule has 0 atom stereocenters. The van der Waals surface area contributed by atoms with E-state index >= 15 is 0 Å². The van der Waals surface area contributed by atoms with E-state index in [1.807, 2.05) is 0 Å². The first-order valence-corrected chi connectivity index (χ1v) is 10.6. The van der Waals surface area contributed by atoms with Crippen LogP contribution in [0.1, 0.15) is 29.1 Å². The maximum Gasteiger partial charge on any atom is 0.416 e. The molecule has 2 aromatic heterocycles. The Hall–Kier alpha value is -4.15. The molecule has 0 aliphatic rings. The van der Waals surface area contributed by atoms with Crippen LogP contribution in [0, 0.1) is 5.82 Å². The molecule has 182 valence electrons. The first-order valence-electron chi connectivity index (χ1n) is 10.6. The lowest BCUT2D eigenvalue weighted by Crippen LogP contribution is -2.05. The maximum atomic E-state index is 13.9. The van der Waals surface area contributed by atoms with Crippen LogP contribution in [0.5, 0.6) is 11.5 Å². The predicted octanol–water partition coefficient (Wildman–Crippen LogP) is 5.64. The zero-order valence-corrected chi connectivity index (χ0v) is 18.3. The third-order valence-electron chi connectivity index (χ3n) is 4.79. The van der Waals surface area contributed by atoms with Crippen molar-refractivity contribution in [3.8, 4) is 11.5 Å². The number of hydrogen-bond acceptors (Lipinski definition) is 6. The van der Waals surface area contributed by atoms with Gasteiger partial charge in [0, 0.05) is 30.8 Å². The van der Waals surface area contributed by atoms with Crippen molar-refractivity contribution in [3.05, 3.63) is 89.7 Å². The van der Waals surface area contributed by atoms with Crippen LogP contribution in [-0.2, 0) is 19.3 Å². The van der Waals surface area contributed by atoms with Gasteiger partial charge in [0.15, 0.2) is 0 Å². The largest absolute Gasteiger partial charge is 0.494 e. The molecule has 0 unspecified atom stereocenters. The smallest absolute Gasteiger partial charge is 0.416 e. The van der Waals surface area contributed by atoms with Gasteiger partial charge < -0.3 is 13.9 Å². The summed E-state index contributed by atoms with van der Waals surface area (Å²) in [5.74, 6) is 0.485. The molecule has 0 aliphatic carbocycles. The quantitative estimate of drug-likeness (QED) is 0.212. The normalized spacial score (nSPS) is 11.8. The third kappa shape index (κ3) is 6.92. The van der Waals surface area contributed by atoms with Crippen LogP contribution in [0.25, 0.3) is 12.2 Å². The van der Waals surface area contributed by atoms with Gasteiger partial charge in [-0.2, -0.15) is 13.2 Å². The summed E-state index contributed by atoms with van der Waals surface area (Å²) in [5, 5.41) is 7.63. The number of halogens is 4. The van der Waals surface area contributed by atoms with E-state index in [1.54, 1.807) is 41.3 Å². The Morgan fingerprint density at radius 3 is 2.46 bits per heavy atom. The lowest BCUT2D eigenvalue weighted by molar-refractivity contribution is -0.137. The van der Waals surface area contributed by atoms with E-state index < -0.39 is 17.6 Å². The van der Waals surface area contributed by atoms with E-state index in [2.05, 4.69) is 15.3 Å². The number of oxazole rings is 1. The van der Waals surface area contributed by atoms with Gasteiger partial charge in [-0.15, -0.1) is 5.10 Å². The van der Waals surface area contributed by atoms with Crippen molar-refractivity contribution in [1.82, 2.24) is 20.0 Å². The van der Waals surface area contributed by atoms with E-state index in [0.717, 1.165) is 25.1 Å². The second-order valence-electron chi connectivity index (χ2n) is 7.37. The van der Waals surface area contributed by atoms with E-state index in [4.69, 9.17) is 13.9 Å². The van der Waals surface area contributed by atoms with Crippen LogP contribution in [0.3, 0.4) is 0 Å². The zero-order chi connectivity index (χ0) is 24.7. The van der Waals surface area contributed by atoms with Gasteiger partial charge in [0.2, 0.25) is 5.89 Å². The van der Waals surface area contributed by atoms with E-state index in [-0.39, 0.29) is 18.1 Å². The molecule has 0 amide bonds. The number of rotatable bonds is 10. The molecule has 0 radical (unpaired) electrons. The summed E-state index contributed by atoms with van der Waals surface area (Å²) >= 11 is 0. The summed E-state index contributed by atoms with van der Waals surface area (Å²) in [6, 6.07) is 9.42. The Bertz CT molecular complexity index is 1250. The number of ether oxygens (including phenoxy) is 2. The average Bonchev–Trinajstić information content (AvgIpc) is 3.52. The topological polar surface area (TPSA) is 75.2 Å². The fraction of sp³-hybridized carbons (Fsp3) is 0.208. The molecule has 7 nitrogen and oxygen atoms in total. The molecule has 2 aromatic carbocycles. The molecular weight excluding hydrogens is 468 g/mol. The molecule has 0 N–H and O–H groups in total. The van der Waals surface area contributed by atoms with Crippen LogP contribution in [0.4, 0.5) is 17.6 Å². The van der Waals surface area contributed by atoms with Gasteiger partial charge >= 0.3 is 6.18 Å². The first kappa shape index (κ1) is 24.0. The fourth-order valence-electron chi connectivity index (χ4n) is 3.02. The molecule has 0 saturated carbocycles. The molecule has 0 bridgehead atoms. The Labute approximate surface area is 197 Å². The van der Waals surface area contributed by atoms with Crippen LogP contribution in [-0.4, -0.2) is 26.6 Å². The maximum absolute atomic E-state index is 13.9. The summed E-state index contributed by atoms with van der Waals surface area (Å²) in [7, 11) is 0. The van der Waals surface area contributed by atoms with Crippen molar-refractivity contribution in [2.45, 2.75) is 25.7 Å². The molecule has 0 aliphatic heterocycles. The summed E-state index contributed by atoms with van der Waals surface area (Å²) in [6.45, 7) is 1.38. The van der Waals surface area contributed by atoms with Gasteiger partial charge in [0.05, 0.1) is 18.4 Å². The highest BCUT2D eigenvalue weighted by Crippen LogP contribution is 2.30. The lowest BCUT2D eigenvalue weighted by atomic mass is 10.1. The van der Waals surface area contributed by atoms with E-state index in [0.29, 0.717) is 29.9 Å². The number of aromatic nitrogens is 4. The second-order valence-corrected chi connectivity index (χ2v) is 7.37. The van der Waals surface area contributed by atoms with E-state index in [1.165, 1.54) is 18.4 Å². The SMILES string of the molecule is Fc1cc(C(F)(F)F)ccc1/C=C/c1nc(COc2ccc(OCCCn3ccnn3)cc2)co1. The van der Waals surface area contributed by atoms with Crippen LogP contribution < -0.4 is 9.47 Å². The molecule has 0 saturated heterocycles. The van der Waals surface area contributed by atoms with Gasteiger partial charge in [-0.25, -0.2) is 9.37 Å². The minimum absolute atomic E-state index is 0.0188. The highest BCUT2D eigenvalue weighted by Gasteiger charge is 2.30. The molecular formula is C24H20F4N4O3. The number of benzene rings is 2. The van der Waals surface area contributed by atoms with Gasteiger partial charge in [-0.05, 0) is 42.5 Å². The number of nitrogens with zero attached hydrogens (tertiary/aromatic N) is 4. The third-order valence-corrected chi connectivity index (χ3v) is 4.79. The highest BCUT2D eigenvalue weighted by molar-refractivity contribution is 5.66. The summed E-state index contributed by atoms with van der Waals surface area (Å²) < 4.78 is 70.2. The molecule has 2 heterocycles. The summed E-state index contributed by atoms with van der Waals surface area (Å²) in [4.78, 5) is 4.20. The fourth-order valence-corrected chi connectivity index (χ4v) is 3.02. The molecule has 4 rings (SSSR count). The van der Waals surface area contributed by atoms with Gasteiger partial charge in [0.25, 0.3) is 0 Å². The van der Waals surface area contributed by atoms with Crippen LogP contribution >= 0.6 is 0 Å². The highest BCUT2D eigenvalue weighted by atomic mass is 19.4. The van der Waals surface area contributed by atoms with Gasteiger partial charge in [0.1, 0.15) is 35.9 Å². The van der Waals surface area contributed by atoms with Crippen molar-refractivity contribution in [2.75, 3.05) is 6.61 Å². The van der Waals surface area contributed by atoms with Crippen LogP contribution in [0.15, 0.2) is 65.5 Å². The minimum Gasteiger partial charge on any atom is -0.494 e. The van der Waals surface area contributed by atoms with Crippen molar-refractivity contribution >= 4 is 12.2 Å². The lowest BCUT2D eigenvalue weighted by Gasteiger charge is -2.08. The van der Waals surface area contributed by atoms with Gasteiger partial charge in [-0.1, -0.05) is 11.3 Å². The minimum atomic E-state index is -4.60. The Morgan fingerprint density at radius 2 is 1.77 bits per heavy atom. The number of hydrogen-bond donors (Lipinski definition) is 0. The summed E-state index contributed by atoms with van der Waals surface area (Å²) in [5.41, 5.74) is -0.578. The van der Waals surface area contributed by atoms with Crippen molar-refractivity contribution in [1.29, 1.82) is 0 Å². The second kappa shape index (κ2) is 10.9. The first-order chi connectivity index (χ1) is 16.9. The Balaban J connectivity index is 1.24. The molecule has 0 spiro atoms.